The lowest BCUT2D eigenvalue weighted by Gasteiger charge is -2.19. The molecule has 2 aliphatic rings. The van der Waals surface area contributed by atoms with Gasteiger partial charge in [0, 0.05) is 36.5 Å². The molecule has 2 aliphatic heterocycles. The van der Waals surface area contributed by atoms with Gasteiger partial charge in [-0.3, -0.25) is 4.98 Å². The minimum Gasteiger partial charge on any atom is -0.327 e. The van der Waals surface area contributed by atoms with E-state index >= 15 is 0 Å². The summed E-state index contributed by atoms with van der Waals surface area (Å²) in [6.07, 6.45) is 8.17. The van der Waals surface area contributed by atoms with Crippen LogP contribution >= 0.6 is 0 Å². The van der Waals surface area contributed by atoms with Crippen LogP contribution in [0.15, 0.2) is 30.7 Å². The van der Waals surface area contributed by atoms with Crippen LogP contribution in [0.5, 0.6) is 0 Å². The van der Waals surface area contributed by atoms with E-state index in [0.29, 0.717) is 5.41 Å². The van der Waals surface area contributed by atoms with E-state index in [-0.39, 0.29) is 0 Å². The topological polar surface area (TPSA) is 42.7 Å². The van der Waals surface area contributed by atoms with Crippen molar-refractivity contribution in [1.29, 1.82) is 0 Å². The van der Waals surface area contributed by atoms with E-state index in [1.807, 2.05) is 24.7 Å². The molecule has 0 bridgehead atoms. The summed E-state index contributed by atoms with van der Waals surface area (Å²) in [6.45, 7) is 3.28. The van der Waals surface area contributed by atoms with E-state index in [4.69, 9.17) is 4.98 Å². The van der Waals surface area contributed by atoms with Crippen LogP contribution < -0.4 is 5.32 Å². The highest BCUT2D eigenvalue weighted by Gasteiger charge is 2.43. The Morgan fingerprint density at radius 1 is 1.28 bits per heavy atom. The van der Waals surface area contributed by atoms with Gasteiger partial charge in [-0.25, -0.2) is 4.98 Å². The highest BCUT2D eigenvalue weighted by Crippen LogP contribution is 2.41. The Labute approximate surface area is 106 Å². The second-order valence-corrected chi connectivity index (χ2v) is 5.32. The summed E-state index contributed by atoms with van der Waals surface area (Å²) in [5.74, 6) is 1.27. The van der Waals surface area contributed by atoms with Crippen LogP contribution in [0.2, 0.25) is 0 Å². The van der Waals surface area contributed by atoms with Gasteiger partial charge < -0.3 is 9.88 Å². The fourth-order valence-electron chi connectivity index (χ4n) is 3.36. The summed E-state index contributed by atoms with van der Waals surface area (Å²) in [4.78, 5) is 8.91. The fraction of sp³-hybridized carbons (Fsp3) is 0.429. The number of imidazole rings is 1. The van der Waals surface area contributed by atoms with Crippen molar-refractivity contribution in [3.8, 4) is 11.3 Å². The van der Waals surface area contributed by atoms with Crippen molar-refractivity contribution in [3.63, 3.8) is 0 Å². The molecule has 1 unspecified atom stereocenters. The number of pyridine rings is 1. The van der Waals surface area contributed by atoms with Crippen LogP contribution in [0.1, 0.15) is 18.7 Å². The van der Waals surface area contributed by atoms with E-state index < -0.39 is 0 Å². The molecule has 18 heavy (non-hydrogen) atoms. The van der Waals surface area contributed by atoms with Crippen molar-refractivity contribution in [1.82, 2.24) is 19.9 Å². The summed E-state index contributed by atoms with van der Waals surface area (Å²) in [7, 11) is 0. The Morgan fingerprint density at radius 2 is 2.28 bits per heavy atom. The number of hydrogen-bond donors (Lipinski definition) is 1. The molecule has 1 fully saturated rings. The second-order valence-electron chi connectivity index (χ2n) is 5.32. The van der Waals surface area contributed by atoms with Gasteiger partial charge in [-0.2, -0.15) is 0 Å². The average Bonchev–Trinajstić information content (AvgIpc) is 3.11. The summed E-state index contributed by atoms with van der Waals surface area (Å²) in [5.41, 5.74) is 2.67. The molecule has 1 atom stereocenters. The highest BCUT2D eigenvalue weighted by atomic mass is 15.1. The first-order chi connectivity index (χ1) is 8.89. The molecule has 0 amide bonds. The van der Waals surface area contributed by atoms with E-state index in [9.17, 15) is 0 Å². The van der Waals surface area contributed by atoms with Crippen LogP contribution in [-0.2, 0) is 12.0 Å². The van der Waals surface area contributed by atoms with Crippen LogP contribution in [-0.4, -0.2) is 27.6 Å². The molecule has 4 heteroatoms. The lowest BCUT2D eigenvalue weighted by atomic mass is 9.85. The van der Waals surface area contributed by atoms with Gasteiger partial charge in [-0.1, -0.05) is 0 Å². The summed E-state index contributed by atoms with van der Waals surface area (Å²) >= 11 is 0. The van der Waals surface area contributed by atoms with Gasteiger partial charge in [0.15, 0.2) is 0 Å². The molecule has 1 saturated heterocycles. The first-order valence-electron chi connectivity index (χ1n) is 6.56. The molecule has 2 aromatic heterocycles. The van der Waals surface area contributed by atoms with Gasteiger partial charge >= 0.3 is 0 Å². The fourth-order valence-corrected chi connectivity index (χ4v) is 3.36. The lowest BCUT2D eigenvalue weighted by molar-refractivity contribution is 0.457. The molecule has 1 spiro atoms. The lowest BCUT2D eigenvalue weighted by Crippen LogP contribution is -2.26. The normalized spacial score (nSPS) is 25.8. The smallest absolute Gasteiger partial charge is 0.116 e. The predicted molar refractivity (Wildman–Crippen MR) is 69.2 cm³/mol. The Hall–Kier alpha value is -1.68. The minimum atomic E-state index is 0.292. The van der Waals surface area contributed by atoms with Crippen molar-refractivity contribution in [2.75, 3.05) is 13.1 Å². The van der Waals surface area contributed by atoms with Crippen molar-refractivity contribution in [2.45, 2.75) is 24.8 Å². The number of nitrogens with zero attached hydrogens (tertiary/aromatic N) is 3. The van der Waals surface area contributed by atoms with Gasteiger partial charge in [0.25, 0.3) is 0 Å². The van der Waals surface area contributed by atoms with Gasteiger partial charge in [-0.15, -0.1) is 0 Å². The number of nitrogens with one attached hydrogen (secondary N) is 1. The van der Waals surface area contributed by atoms with E-state index in [1.165, 1.54) is 29.9 Å². The third-order valence-electron chi connectivity index (χ3n) is 4.34. The molecular formula is C14H16N4. The monoisotopic (exact) mass is 240 g/mol. The van der Waals surface area contributed by atoms with Crippen molar-refractivity contribution in [2.24, 2.45) is 0 Å². The molecule has 1 N–H and O–H groups in total. The standard InChI is InChI=1S/C14H16N4/c1-2-11(8-15-5-1)12-9-17-13-14(3-6-16-10-14)4-7-18(12)13/h1-2,5,8-9,16H,3-4,6-7,10H2. The first-order valence-corrected chi connectivity index (χ1v) is 6.56. The highest BCUT2D eigenvalue weighted by molar-refractivity contribution is 5.58. The quantitative estimate of drug-likeness (QED) is 0.823. The maximum absolute atomic E-state index is 4.70. The molecule has 4 rings (SSSR count). The third kappa shape index (κ3) is 1.29. The number of fused-ring (bicyclic) bond motifs is 2. The predicted octanol–water partition coefficient (Wildman–Crippen LogP) is 1.58. The maximum atomic E-state index is 4.70. The van der Waals surface area contributed by atoms with Gasteiger partial charge in [0.1, 0.15) is 5.82 Å². The van der Waals surface area contributed by atoms with E-state index in [2.05, 4.69) is 20.9 Å². The third-order valence-corrected chi connectivity index (χ3v) is 4.34. The molecule has 2 aromatic rings. The second kappa shape index (κ2) is 3.65. The number of aromatic nitrogens is 3. The number of rotatable bonds is 1. The zero-order valence-electron chi connectivity index (χ0n) is 10.3. The Balaban J connectivity index is 1.82. The SMILES string of the molecule is c1cncc(-c2cnc3n2CCC32CCNC2)c1. The first kappa shape index (κ1) is 10.3. The largest absolute Gasteiger partial charge is 0.327 e. The average molecular weight is 240 g/mol. The van der Waals surface area contributed by atoms with Gasteiger partial charge in [-0.05, 0) is 31.5 Å². The molecule has 4 heterocycles. The summed E-state index contributed by atoms with van der Waals surface area (Å²) in [5, 5.41) is 3.48. The van der Waals surface area contributed by atoms with Crippen LogP contribution in [0.3, 0.4) is 0 Å². The van der Waals surface area contributed by atoms with E-state index in [1.54, 1.807) is 0 Å². The molecule has 92 valence electrons. The summed E-state index contributed by atoms with van der Waals surface area (Å²) < 4.78 is 2.38. The Bertz CT molecular complexity index is 567. The van der Waals surface area contributed by atoms with Crippen LogP contribution in [0, 0.1) is 0 Å². The molecule has 4 nitrogen and oxygen atoms in total. The maximum Gasteiger partial charge on any atom is 0.116 e. The minimum absolute atomic E-state index is 0.292. The molecule has 0 radical (unpaired) electrons. The molecular weight excluding hydrogens is 224 g/mol. The molecule has 0 aromatic carbocycles. The molecule has 0 aliphatic carbocycles. The Kier molecular flexibility index (Phi) is 2.08. The summed E-state index contributed by atoms with van der Waals surface area (Å²) in [6, 6.07) is 4.09. The van der Waals surface area contributed by atoms with Crippen LogP contribution in [0.25, 0.3) is 11.3 Å². The zero-order chi connectivity index (χ0) is 12.0. The zero-order valence-corrected chi connectivity index (χ0v) is 10.3. The number of hydrogen-bond acceptors (Lipinski definition) is 3. The van der Waals surface area contributed by atoms with Crippen molar-refractivity contribution < 1.29 is 0 Å². The van der Waals surface area contributed by atoms with Gasteiger partial charge in [0.05, 0.1) is 11.9 Å². The van der Waals surface area contributed by atoms with Crippen LogP contribution in [0.4, 0.5) is 0 Å². The van der Waals surface area contributed by atoms with Gasteiger partial charge in [0.2, 0.25) is 0 Å². The van der Waals surface area contributed by atoms with Crippen molar-refractivity contribution >= 4 is 0 Å². The van der Waals surface area contributed by atoms with E-state index in [0.717, 1.165) is 19.6 Å². The molecule has 0 saturated carbocycles. The van der Waals surface area contributed by atoms with Crippen molar-refractivity contribution in [3.05, 3.63) is 36.5 Å². The Morgan fingerprint density at radius 3 is 3.06 bits per heavy atom.